The molecule has 0 aliphatic carbocycles. The quantitative estimate of drug-likeness (QED) is 0.323. The van der Waals surface area contributed by atoms with Crippen LogP contribution < -0.4 is 10.6 Å². The Hall–Kier alpha value is -3.57. The number of carbonyl (C=O) groups is 2. The number of ether oxygens (including phenoxy) is 1. The van der Waals surface area contributed by atoms with Gasteiger partial charge in [0.05, 0.1) is 34.7 Å². The number of pyridine rings is 1. The predicted molar refractivity (Wildman–Crippen MR) is 146 cm³/mol. The average Bonchev–Trinajstić information content (AvgIpc) is 2.94. The third-order valence-corrected chi connectivity index (χ3v) is 7.53. The Bertz CT molecular complexity index is 1370. The molecule has 5 rings (SSSR count). The minimum Gasteiger partial charge on any atom is -0.379 e. The number of halogens is 1. The molecule has 3 heterocycles. The molecular weight excluding hydrogens is 554 g/mol. The van der Waals surface area contributed by atoms with E-state index in [0.29, 0.717) is 36.2 Å². The Kier molecular flexibility index (Phi) is 7.85. The number of nitro benzene ring substituents is 1. The van der Waals surface area contributed by atoms with Crippen molar-refractivity contribution in [1.82, 2.24) is 15.2 Å². The van der Waals surface area contributed by atoms with Crippen molar-refractivity contribution in [3.05, 3.63) is 74.5 Å². The largest absolute Gasteiger partial charge is 0.379 e. The molecule has 2 aliphatic rings. The van der Waals surface area contributed by atoms with E-state index in [1.807, 2.05) is 24.3 Å². The van der Waals surface area contributed by atoms with Crippen LogP contribution in [0.15, 0.2) is 53.3 Å². The van der Waals surface area contributed by atoms with E-state index in [4.69, 9.17) is 4.74 Å². The minimum atomic E-state index is -0.501. The molecule has 2 saturated heterocycles. The maximum absolute atomic E-state index is 13.5. The summed E-state index contributed by atoms with van der Waals surface area (Å²) in [5.41, 5.74) is 0.592. The number of aromatic nitrogens is 1. The minimum absolute atomic E-state index is 0.135. The van der Waals surface area contributed by atoms with Crippen LogP contribution in [0.25, 0.3) is 10.8 Å². The van der Waals surface area contributed by atoms with E-state index >= 15 is 0 Å². The molecule has 3 aromatic rings. The SMILES string of the molecule is O=C(N[C@H]1CCOC[C@H]1Nc1c(C(=O)N2CCCCC2)cc(Br)cc1[N+](=O)[O-])c1cncc2ccccc12. The van der Waals surface area contributed by atoms with Crippen molar-refractivity contribution in [3.8, 4) is 0 Å². The van der Waals surface area contributed by atoms with Gasteiger partial charge in [-0.3, -0.25) is 24.7 Å². The summed E-state index contributed by atoms with van der Waals surface area (Å²) in [5.74, 6) is -0.543. The summed E-state index contributed by atoms with van der Waals surface area (Å²) in [6, 6.07) is 9.63. The summed E-state index contributed by atoms with van der Waals surface area (Å²) in [4.78, 5) is 44.3. The number of hydrogen-bond acceptors (Lipinski definition) is 7. The molecule has 0 spiro atoms. The fourth-order valence-corrected chi connectivity index (χ4v) is 5.55. The summed E-state index contributed by atoms with van der Waals surface area (Å²) in [6.45, 7) is 1.87. The number of benzene rings is 2. The Labute approximate surface area is 228 Å². The summed E-state index contributed by atoms with van der Waals surface area (Å²) >= 11 is 3.33. The molecular formula is C27H28BrN5O5. The Morgan fingerprint density at radius 1 is 1.08 bits per heavy atom. The molecule has 10 nitrogen and oxygen atoms in total. The van der Waals surface area contributed by atoms with Crippen LogP contribution >= 0.6 is 15.9 Å². The standard InChI is InChI=1S/C27H28BrN5O5/c28-18-12-20(27(35)32-9-4-1-5-10-32)25(24(13-18)33(36)37)30-23-16-38-11-8-22(23)31-26(34)21-15-29-14-17-6-2-3-7-19(17)21/h2-3,6-7,12-15,22-23,30H,1,4-5,8-11,16H2,(H,31,34)/t22-,23+/m0/s1. The monoisotopic (exact) mass is 581 g/mol. The zero-order valence-electron chi connectivity index (χ0n) is 20.7. The second-order valence-corrected chi connectivity index (χ2v) is 10.5. The van der Waals surface area contributed by atoms with Gasteiger partial charge in [0.25, 0.3) is 17.5 Å². The lowest BCUT2D eigenvalue weighted by atomic mass is 10.00. The number of likely N-dealkylation sites (tertiary alicyclic amines) is 1. The third kappa shape index (κ3) is 5.48. The molecule has 2 fully saturated rings. The van der Waals surface area contributed by atoms with Crippen molar-refractivity contribution in [2.75, 3.05) is 31.6 Å². The fraction of sp³-hybridized carbons (Fsp3) is 0.370. The lowest BCUT2D eigenvalue weighted by molar-refractivity contribution is -0.384. The second kappa shape index (κ2) is 11.4. The lowest BCUT2D eigenvalue weighted by Gasteiger charge is -2.34. The van der Waals surface area contributed by atoms with E-state index in [0.717, 1.165) is 30.0 Å². The molecule has 198 valence electrons. The summed E-state index contributed by atoms with van der Waals surface area (Å²) in [6.07, 6.45) is 6.60. The van der Waals surface area contributed by atoms with E-state index in [1.54, 1.807) is 17.2 Å². The summed E-state index contributed by atoms with van der Waals surface area (Å²) < 4.78 is 6.13. The van der Waals surface area contributed by atoms with Crippen LogP contribution in [-0.4, -0.2) is 65.0 Å². The highest BCUT2D eigenvalue weighted by Crippen LogP contribution is 2.35. The van der Waals surface area contributed by atoms with Gasteiger partial charge in [-0.25, -0.2) is 0 Å². The number of hydrogen-bond donors (Lipinski definition) is 2. The van der Waals surface area contributed by atoms with Crippen LogP contribution in [0.5, 0.6) is 0 Å². The van der Waals surface area contributed by atoms with Crippen LogP contribution in [0.4, 0.5) is 11.4 Å². The molecule has 2 amide bonds. The molecule has 0 unspecified atom stereocenters. The van der Waals surface area contributed by atoms with Gasteiger partial charge in [0.2, 0.25) is 0 Å². The highest BCUT2D eigenvalue weighted by Gasteiger charge is 2.33. The van der Waals surface area contributed by atoms with Crippen LogP contribution in [0.2, 0.25) is 0 Å². The first kappa shape index (κ1) is 26.1. The molecule has 2 atom stereocenters. The molecule has 2 aromatic carbocycles. The predicted octanol–water partition coefficient (Wildman–Crippen LogP) is 4.53. The summed E-state index contributed by atoms with van der Waals surface area (Å²) in [7, 11) is 0. The summed E-state index contributed by atoms with van der Waals surface area (Å²) in [5, 5.41) is 20.0. The maximum Gasteiger partial charge on any atom is 0.294 e. The first-order chi connectivity index (χ1) is 18.4. The zero-order chi connectivity index (χ0) is 26.6. The maximum atomic E-state index is 13.5. The van der Waals surface area contributed by atoms with Gasteiger partial charge in [-0.1, -0.05) is 40.2 Å². The number of piperidine rings is 1. The van der Waals surface area contributed by atoms with Crippen molar-refractivity contribution in [2.45, 2.75) is 37.8 Å². The van der Waals surface area contributed by atoms with Gasteiger partial charge in [-0.2, -0.15) is 0 Å². The number of nitro groups is 1. The van der Waals surface area contributed by atoms with Gasteiger partial charge < -0.3 is 20.3 Å². The molecule has 0 bridgehead atoms. The van der Waals surface area contributed by atoms with E-state index in [2.05, 4.69) is 31.5 Å². The molecule has 2 N–H and O–H groups in total. The van der Waals surface area contributed by atoms with Crippen molar-refractivity contribution < 1.29 is 19.2 Å². The normalized spacial score (nSPS) is 19.7. The number of rotatable bonds is 6. The molecule has 0 radical (unpaired) electrons. The second-order valence-electron chi connectivity index (χ2n) is 9.56. The van der Waals surface area contributed by atoms with Crippen LogP contribution in [0, 0.1) is 10.1 Å². The Morgan fingerprint density at radius 3 is 2.66 bits per heavy atom. The number of fused-ring (bicyclic) bond motifs is 1. The molecule has 1 aromatic heterocycles. The van der Waals surface area contributed by atoms with Crippen LogP contribution in [0.3, 0.4) is 0 Å². The molecule has 38 heavy (non-hydrogen) atoms. The van der Waals surface area contributed by atoms with E-state index in [1.165, 1.54) is 12.3 Å². The van der Waals surface area contributed by atoms with Crippen molar-refractivity contribution >= 4 is 49.9 Å². The van der Waals surface area contributed by atoms with Gasteiger partial charge in [0.15, 0.2) is 0 Å². The van der Waals surface area contributed by atoms with E-state index in [9.17, 15) is 19.7 Å². The first-order valence-electron chi connectivity index (χ1n) is 12.7. The van der Waals surface area contributed by atoms with Gasteiger partial charge in [-0.15, -0.1) is 0 Å². The number of anilines is 1. The zero-order valence-corrected chi connectivity index (χ0v) is 22.3. The van der Waals surface area contributed by atoms with Crippen molar-refractivity contribution in [3.63, 3.8) is 0 Å². The smallest absolute Gasteiger partial charge is 0.294 e. The van der Waals surface area contributed by atoms with Crippen LogP contribution in [-0.2, 0) is 4.74 Å². The highest BCUT2D eigenvalue weighted by molar-refractivity contribution is 9.10. The number of amides is 2. The highest BCUT2D eigenvalue weighted by atomic mass is 79.9. The van der Waals surface area contributed by atoms with E-state index < -0.39 is 17.0 Å². The van der Waals surface area contributed by atoms with E-state index in [-0.39, 0.29) is 35.4 Å². The average molecular weight is 582 g/mol. The third-order valence-electron chi connectivity index (χ3n) is 7.07. The van der Waals surface area contributed by atoms with Gasteiger partial charge in [0.1, 0.15) is 5.69 Å². The van der Waals surface area contributed by atoms with Gasteiger partial charge in [-0.05, 0) is 37.1 Å². The van der Waals surface area contributed by atoms with Gasteiger partial charge in [0, 0.05) is 48.0 Å². The van der Waals surface area contributed by atoms with Crippen molar-refractivity contribution in [2.24, 2.45) is 0 Å². The van der Waals surface area contributed by atoms with Crippen molar-refractivity contribution in [1.29, 1.82) is 0 Å². The molecule has 2 aliphatic heterocycles. The number of nitrogens with one attached hydrogen (secondary N) is 2. The number of carbonyl (C=O) groups excluding carboxylic acids is 2. The lowest BCUT2D eigenvalue weighted by Crippen LogP contribution is -2.52. The first-order valence-corrected chi connectivity index (χ1v) is 13.5. The Balaban J connectivity index is 1.44. The van der Waals surface area contributed by atoms with Crippen LogP contribution in [0.1, 0.15) is 46.4 Å². The molecule has 0 saturated carbocycles. The Morgan fingerprint density at radius 2 is 1.87 bits per heavy atom. The number of nitrogens with zero attached hydrogens (tertiary/aromatic N) is 3. The molecule has 11 heteroatoms. The topological polar surface area (TPSA) is 127 Å². The van der Waals surface area contributed by atoms with Gasteiger partial charge >= 0.3 is 0 Å². The fourth-order valence-electron chi connectivity index (χ4n) is 5.11.